The fourth-order valence-corrected chi connectivity index (χ4v) is 1.99. The van der Waals surface area contributed by atoms with Gasteiger partial charge in [0.1, 0.15) is 5.75 Å². The Morgan fingerprint density at radius 3 is 2.36 bits per heavy atom. The minimum Gasteiger partial charge on any atom is -0.497 e. The van der Waals surface area contributed by atoms with Gasteiger partial charge in [-0.3, -0.25) is 14.6 Å². The van der Waals surface area contributed by atoms with Gasteiger partial charge in [0, 0.05) is 36.5 Å². The zero-order chi connectivity index (χ0) is 15.8. The van der Waals surface area contributed by atoms with Crippen molar-refractivity contribution in [3.05, 3.63) is 54.4 Å². The lowest BCUT2D eigenvalue weighted by Crippen LogP contribution is -2.12. The molecule has 1 N–H and O–H groups in total. The van der Waals surface area contributed by atoms with Gasteiger partial charge in [-0.2, -0.15) is 0 Å². The number of benzene rings is 1. The maximum Gasteiger partial charge on any atom is 0.224 e. The van der Waals surface area contributed by atoms with E-state index in [1.807, 2.05) is 0 Å². The third-order valence-corrected chi connectivity index (χ3v) is 3.18. The van der Waals surface area contributed by atoms with Crippen molar-refractivity contribution in [1.82, 2.24) is 4.98 Å². The largest absolute Gasteiger partial charge is 0.497 e. The molecule has 0 fully saturated rings. The van der Waals surface area contributed by atoms with Crippen molar-refractivity contribution in [2.45, 2.75) is 19.3 Å². The van der Waals surface area contributed by atoms with Crippen LogP contribution in [0.5, 0.6) is 5.75 Å². The predicted octanol–water partition coefficient (Wildman–Crippen LogP) is 3.08. The summed E-state index contributed by atoms with van der Waals surface area (Å²) >= 11 is 0. The molecule has 0 saturated heterocycles. The van der Waals surface area contributed by atoms with Crippen LogP contribution in [0.25, 0.3) is 0 Å². The van der Waals surface area contributed by atoms with Gasteiger partial charge in [-0.05, 0) is 42.8 Å². The first-order valence-electron chi connectivity index (χ1n) is 7.06. The molecule has 0 radical (unpaired) electrons. The molecule has 0 saturated carbocycles. The Morgan fingerprint density at radius 2 is 1.73 bits per heavy atom. The van der Waals surface area contributed by atoms with E-state index in [0.717, 1.165) is 0 Å². The molecular formula is C17H18N2O3. The number of ether oxygens (including phenoxy) is 1. The minimum absolute atomic E-state index is 0.0272. The second kappa shape index (κ2) is 7.93. The molecule has 0 aliphatic rings. The van der Waals surface area contributed by atoms with Crippen LogP contribution in [-0.4, -0.2) is 23.8 Å². The number of carbonyl (C=O) groups excluding carboxylic acids is 2. The molecule has 0 atom stereocenters. The number of amides is 1. The molecule has 0 unspecified atom stereocenters. The van der Waals surface area contributed by atoms with E-state index in [-0.39, 0.29) is 11.7 Å². The van der Waals surface area contributed by atoms with E-state index >= 15 is 0 Å². The normalized spacial score (nSPS) is 10.0. The molecule has 5 heteroatoms. The Hall–Kier alpha value is -2.69. The van der Waals surface area contributed by atoms with Gasteiger partial charge >= 0.3 is 0 Å². The van der Waals surface area contributed by atoms with Gasteiger partial charge in [-0.25, -0.2) is 0 Å². The fraction of sp³-hybridized carbons (Fsp3) is 0.235. The third-order valence-electron chi connectivity index (χ3n) is 3.18. The number of methoxy groups -OCH3 is 1. The highest BCUT2D eigenvalue weighted by Gasteiger charge is 2.08. The number of aromatic nitrogens is 1. The lowest BCUT2D eigenvalue weighted by atomic mass is 10.1. The molecule has 1 aromatic carbocycles. The van der Waals surface area contributed by atoms with Crippen LogP contribution in [0.1, 0.15) is 29.6 Å². The standard InChI is InChI=1S/C17H18N2O3/c1-22-15-7-5-13(6-8-15)16(20)3-2-4-17(21)19-14-9-11-18-12-10-14/h5-12H,2-4H2,1H3,(H,18,19,21). The van der Waals surface area contributed by atoms with E-state index in [9.17, 15) is 9.59 Å². The Bertz CT molecular complexity index is 624. The zero-order valence-electron chi connectivity index (χ0n) is 12.4. The first-order chi connectivity index (χ1) is 10.7. The van der Waals surface area contributed by atoms with Crippen molar-refractivity contribution in [2.75, 3.05) is 12.4 Å². The SMILES string of the molecule is COc1ccc(C(=O)CCCC(=O)Nc2ccncc2)cc1. The van der Waals surface area contributed by atoms with Gasteiger partial charge in [0.05, 0.1) is 7.11 Å². The van der Waals surface area contributed by atoms with E-state index in [4.69, 9.17) is 4.74 Å². The highest BCUT2D eigenvalue weighted by molar-refractivity contribution is 5.96. The topological polar surface area (TPSA) is 68.3 Å². The van der Waals surface area contributed by atoms with Crippen LogP contribution in [-0.2, 0) is 4.79 Å². The van der Waals surface area contributed by atoms with Crippen LogP contribution >= 0.6 is 0 Å². The van der Waals surface area contributed by atoms with Gasteiger partial charge in [0.15, 0.2) is 5.78 Å². The summed E-state index contributed by atoms with van der Waals surface area (Å²) in [6, 6.07) is 10.4. The van der Waals surface area contributed by atoms with Crippen molar-refractivity contribution < 1.29 is 14.3 Å². The molecule has 2 rings (SSSR count). The maximum atomic E-state index is 12.0. The number of rotatable bonds is 7. The number of hydrogen-bond acceptors (Lipinski definition) is 4. The number of hydrogen-bond donors (Lipinski definition) is 1. The average molecular weight is 298 g/mol. The summed E-state index contributed by atoms with van der Waals surface area (Å²) in [6.45, 7) is 0. The van der Waals surface area contributed by atoms with Gasteiger partial charge in [0.25, 0.3) is 0 Å². The van der Waals surface area contributed by atoms with Crippen molar-refractivity contribution in [3.8, 4) is 5.75 Å². The molecule has 114 valence electrons. The Labute approximate surface area is 129 Å². The summed E-state index contributed by atoms with van der Waals surface area (Å²) in [5, 5.41) is 2.76. The Morgan fingerprint density at radius 1 is 1.05 bits per heavy atom. The minimum atomic E-state index is -0.103. The smallest absolute Gasteiger partial charge is 0.224 e. The van der Waals surface area contributed by atoms with E-state index < -0.39 is 0 Å². The second-order valence-corrected chi connectivity index (χ2v) is 4.79. The number of ketones is 1. The van der Waals surface area contributed by atoms with Crippen molar-refractivity contribution >= 4 is 17.4 Å². The van der Waals surface area contributed by atoms with Gasteiger partial charge < -0.3 is 10.1 Å². The summed E-state index contributed by atoms with van der Waals surface area (Å²) in [5.74, 6) is 0.640. The zero-order valence-corrected chi connectivity index (χ0v) is 12.4. The quantitative estimate of drug-likeness (QED) is 0.798. The summed E-state index contributed by atoms with van der Waals surface area (Å²) in [5.41, 5.74) is 1.34. The third kappa shape index (κ3) is 4.70. The maximum absolute atomic E-state index is 12.0. The summed E-state index contributed by atoms with van der Waals surface area (Å²) in [6.07, 6.45) is 4.40. The number of pyridine rings is 1. The molecule has 0 aliphatic carbocycles. The molecule has 2 aromatic rings. The molecular weight excluding hydrogens is 280 g/mol. The second-order valence-electron chi connectivity index (χ2n) is 4.79. The summed E-state index contributed by atoms with van der Waals surface area (Å²) in [7, 11) is 1.58. The lowest BCUT2D eigenvalue weighted by Gasteiger charge is -2.05. The molecule has 5 nitrogen and oxygen atoms in total. The van der Waals surface area contributed by atoms with Crippen molar-refractivity contribution in [2.24, 2.45) is 0 Å². The monoisotopic (exact) mass is 298 g/mol. The van der Waals surface area contributed by atoms with E-state index in [0.29, 0.717) is 36.3 Å². The average Bonchev–Trinajstić information content (AvgIpc) is 2.55. The van der Waals surface area contributed by atoms with Crippen LogP contribution in [0, 0.1) is 0 Å². The number of nitrogens with zero attached hydrogens (tertiary/aromatic N) is 1. The Kier molecular flexibility index (Phi) is 5.65. The summed E-state index contributed by atoms with van der Waals surface area (Å²) in [4.78, 5) is 27.6. The number of Topliss-reactive ketones (excluding diaryl/α,β-unsaturated/α-hetero) is 1. The molecule has 0 spiro atoms. The highest BCUT2D eigenvalue weighted by Crippen LogP contribution is 2.14. The van der Waals surface area contributed by atoms with Crippen molar-refractivity contribution in [3.63, 3.8) is 0 Å². The molecule has 0 bridgehead atoms. The van der Waals surface area contributed by atoms with Crippen LogP contribution in [0.4, 0.5) is 5.69 Å². The predicted molar refractivity (Wildman–Crippen MR) is 84.0 cm³/mol. The van der Waals surface area contributed by atoms with Crippen LogP contribution in [0.3, 0.4) is 0 Å². The van der Waals surface area contributed by atoms with Gasteiger partial charge in [-0.15, -0.1) is 0 Å². The lowest BCUT2D eigenvalue weighted by molar-refractivity contribution is -0.116. The van der Waals surface area contributed by atoms with Crippen LogP contribution in [0.15, 0.2) is 48.8 Å². The van der Waals surface area contributed by atoms with E-state index in [2.05, 4.69) is 10.3 Å². The van der Waals surface area contributed by atoms with Gasteiger partial charge in [-0.1, -0.05) is 0 Å². The Balaban J connectivity index is 1.75. The number of carbonyl (C=O) groups is 2. The molecule has 1 aromatic heterocycles. The van der Waals surface area contributed by atoms with Crippen molar-refractivity contribution in [1.29, 1.82) is 0 Å². The molecule has 1 amide bonds. The number of nitrogens with one attached hydrogen (secondary N) is 1. The van der Waals surface area contributed by atoms with Crippen LogP contribution in [0.2, 0.25) is 0 Å². The van der Waals surface area contributed by atoms with Crippen LogP contribution < -0.4 is 10.1 Å². The molecule has 1 heterocycles. The van der Waals surface area contributed by atoms with Gasteiger partial charge in [0.2, 0.25) is 5.91 Å². The molecule has 0 aliphatic heterocycles. The van der Waals surface area contributed by atoms with E-state index in [1.54, 1.807) is 55.9 Å². The van der Waals surface area contributed by atoms with E-state index in [1.165, 1.54) is 0 Å². The fourth-order valence-electron chi connectivity index (χ4n) is 1.99. The first kappa shape index (κ1) is 15.7. The highest BCUT2D eigenvalue weighted by atomic mass is 16.5. The number of anilines is 1. The molecule has 22 heavy (non-hydrogen) atoms. The first-order valence-corrected chi connectivity index (χ1v) is 7.06. The summed E-state index contributed by atoms with van der Waals surface area (Å²) < 4.78 is 5.05.